The van der Waals surface area contributed by atoms with E-state index in [0.29, 0.717) is 12.8 Å². The first kappa shape index (κ1) is 71.0. The fourth-order valence-electron chi connectivity index (χ4n) is 10.0. The molecule has 79 heavy (non-hydrogen) atoms. The number of aliphatic hydroxyl groups is 11. The zero-order valence-corrected chi connectivity index (χ0v) is 47.8. The van der Waals surface area contributed by atoms with E-state index in [1.54, 1.807) is 6.08 Å². The Kier molecular flexibility index (Phi) is 39.0. The lowest BCUT2D eigenvalue weighted by Crippen LogP contribution is -2.66. The largest absolute Gasteiger partial charge is 0.394 e. The van der Waals surface area contributed by atoms with Crippen LogP contribution < -0.4 is 5.32 Å². The van der Waals surface area contributed by atoms with E-state index in [-0.39, 0.29) is 18.9 Å². The van der Waals surface area contributed by atoms with Gasteiger partial charge in [-0.15, -0.1) is 0 Å². The summed E-state index contributed by atoms with van der Waals surface area (Å²) < 4.78 is 34.2. The van der Waals surface area contributed by atoms with Crippen LogP contribution >= 0.6 is 0 Å². The van der Waals surface area contributed by atoms with Gasteiger partial charge in [-0.05, 0) is 57.8 Å². The lowest BCUT2D eigenvalue weighted by molar-refractivity contribution is -0.379. The number of unbranched alkanes of at least 4 members (excludes halogenated alkanes) is 22. The van der Waals surface area contributed by atoms with Gasteiger partial charge in [-0.25, -0.2) is 0 Å². The molecule has 0 radical (unpaired) electrons. The Hall–Kier alpha value is -2.25. The van der Waals surface area contributed by atoms with Crippen molar-refractivity contribution in [3.63, 3.8) is 0 Å². The molecule has 3 aliphatic rings. The van der Waals surface area contributed by atoms with Crippen LogP contribution in [0, 0.1) is 0 Å². The van der Waals surface area contributed by atoms with Gasteiger partial charge in [0.1, 0.15) is 73.2 Å². The van der Waals surface area contributed by atoms with E-state index in [1.165, 1.54) is 96.3 Å². The highest BCUT2D eigenvalue weighted by Gasteiger charge is 2.53. The van der Waals surface area contributed by atoms with Crippen LogP contribution in [0.3, 0.4) is 0 Å². The Bertz CT molecular complexity index is 1630. The molecule has 0 saturated carbocycles. The zero-order valence-electron chi connectivity index (χ0n) is 47.8. The van der Waals surface area contributed by atoms with Gasteiger partial charge in [-0.2, -0.15) is 0 Å². The van der Waals surface area contributed by atoms with Crippen LogP contribution in [0.25, 0.3) is 0 Å². The van der Waals surface area contributed by atoms with Gasteiger partial charge in [0.05, 0.1) is 38.6 Å². The van der Waals surface area contributed by atoms with Crippen LogP contribution in [0.4, 0.5) is 0 Å². The summed E-state index contributed by atoms with van der Waals surface area (Å²) in [6.45, 7) is 1.64. The lowest BCUT2D eigenvalue weighted by atomic mass is 9.96. The second-order valence-corrected chi connectivity index (χ2v) is 21.8. The highest BCUT2D eigenvalue weighted by molar-refractivity contribution is 5.76. The summed E-state index contributed by atoms with van der Waals surface area (Å²) in [7, 11) is 0. The molecule has 1 amide bonds. The quantitative estimate of drug-likeness (QED) is 0.0265. The van der Waals surface area contributed by atoms with Crippen LogP contribution in [-0.2, 0) is 33.2 Å². The van der Waals surface area contributed by atoms with Crippen molar-refractivity contribution < 1.29 is 89.4 Å². The molecule has 0 aromatic heterocycles. The zero-order chi connectivity index (χ0) is 57.6. The van der Waals surface area contributed by atoms with E-state index >= 15 is 0 Å². The summed E-state index contributed by atoms with van der Waals surface area (Å²) >= 11 is 0. The molecule has 12 N–H and O–H groups in total. The summed E-state index contributed by atoms with van der Waals surface area (Å²) in [5, 5.41) is 120. The minimum absolute atomic E-state index is 0.218. The lowest BCUT2D eigenvalue weighted by Gasteiger charge is -2.48. The van der Waals surface area contributed by atoms with Crippen molar-refractivity contribution in [3.8, 4) is 0 Å². The van der Waals surface area contributed by atoms with Crippen molar-refractivity contribution in [1.82, 2.24) is 5.32 Å². The molecule has 3 fully saturated rings. The number of hydrogen-bond acceptors (Lipinski definition) is 18. The first-order valence-electron chi connectivity index (χ1n) is 30.4. The van der Waals surface area contributed by atoms with Crippen LogP contribution in [-0.4, -0.2) is 193 Å². The molecule has 0 aromatic rings. The van der Waals surface area contributed by atoms with Gasteiger partial charge in [0.2, 0.25) is 5.91 Å². The maximum absolute atomic E-state index is 13.3. The average Bonchev–Trinajstić information content (AvgIpc) is 3.55. The number of aliphatic hydroxyl groups excluding tert-OH is 11. The number of allylic oxidation sites excluding steroid dienone is 7. The summed E-state index contributed by atoms with van der Waals surface area (Å²) in [5.74, 6) is -0.301. The highest BCUT2D eigenvalue weighted by atomic mass is 16.8. The minimum atomic E-state index is -1.98. The van der Waals surface area contributed by atoms with Crippen LogP contribution in [0.15, 0.2) is 48.6 Å². The molecule has 3 heterocycles. The van der Waals surface area contributed by atoms with Gasteiger partial charge in [-0.1, -0.05) is 178 Å². The Morgan fingerprint density at radius 1 is 0.456 bits per heavy atom. The van der Waals surface area contributed by atoms with E-state index in [0.717, 1.165) is 64.2 Å². The van der Waals surface area contributed by atoms with Crippen molar-refractivity contribution in [2.24, 2.45) is 0 Å². The third-order valence-corrected chi connectivity index (χ3v) is 15.1. The summed E-state index contributed by atoms with van der Waals surface area (Å²) in [5.41, 5.74) is 0. The average molecular weight is 1130 g/mol. The van der Waals surface area contributed by atoms with Crippen molar-refractivity contribution in [2.75, 3.05) is 26.4 Å². The van der Waals surface area contributed by atoms with Crippen molar-refractivity contribution in [3.05, 3.63) is 48.6 Å². The van der Waals surface area contributed by atoms with Crippen LogP contribution in [0.1, 0.15) is 194 Å². The Labute approximate surface area is 472 Å². The Morgan fingerprint density at radius 3 is 1.38 bits per heavy atom. The molecule has 0 bridgehead atoms. The minimum Gasteiger partial charge on any atom is -0.394 e. The molecule has 460 valence electrons. The Morgan fingerprint density at radius 2 is 0.861 bits per heavy atom. The number of carbonyl (C=O) groups excluding carboxylic acids is 1. The number of carbonyl (C=O) groups is 1. The molecule has 17 unspecified atom stereocenters. The molecular weight excluding hydrogens is 1020 g/mol. The van der Waals surface area contributed by atoms with Gasteiger partial charge in [0.25, 0.3) is 0 Å². The number of amides is 1. The molecule has 17 atom stereocenters. The normalized spacial score (nSPS) is 30.6. The van der Waals surface area contributed by atoms with Crippen LogP contribution in [0.2, 0.25) is 0 Å². The predicted octanol–water partition coefficient (Wildman–Crippen LogP) is 5.48. The second-order valence-electron chi connectivity index (χ2n) is 21.8. The number of hydrogen-bond donors (Lipinski definition) is 12. The van der Waals surface area contributed by atoms with Crippen molar-refractivity contribution in [1.29, 1.82) is 0 Å². The van der Waals surface area contributed by atoms with Gasteiger partial charge in [0.15, 0.2) is 18.9 Å². The van der Waals surface area contributed by atoms with E-state index < -0.39 is 124 Å². The molecule has 19 heteroatoms. The third kappa shape index (κ3) is 27.3. The topological polar surface area (TPSA) is 307 Å². The van der Waals surface area contributed by atoms with Gasteiger partial charge < -0.3 is 89.9 Å². The summed E-state index contributed by atoms with van der Waals surface area (Å²) in [4.78, 5) is 13.3. The molecule has 0 spiro atoms. The number of ether oxygens (including phenoxy) is 6. The third-order valence-electron chi connectivity index (χ3n) is 15.1. The summed E-state index contributed by atoms with van der Waals surface area (Å²) in [6.07, 6.45) is 21.0. The van der Waals surface area contributed by atoms with Crippen molar-refractivity contribution in [2.45, 2.75) is 298 Å². The van der Waals surface area contributed by atoms with Gasteiger partial charge in [-0.3, -0.25) is 4.79 Å². The van der Waals surface area contributed by atoms with E-state index in [9.17, 15) is 61.0 Å². The monoisotopic (exact) mass is 1130 g/mol. The molecular formula is C60H107NO18. The SMILES string of the molecule is CCCC/C=C\C/C=C\CCCCCCCC(=O)NC(COC1OC(CO)C(OC2OC(CO)C(OC3OC(CO)C(O)C(O)C3O)C(O)C2O)C(O)C1O)C(O)/C=C/CC/C=C/CCCCCCCCCCCCCCCC. The first-order chi connectivity index (χ1) is 38.3. The van der Waals surface area contributed by atoms with Gasteiger partial charge in [0, 0.05) is 6.42 Å². The first-order valence-corrected chi connectivity index (χ1v) is 30.4. The van der Waals surface area contributed by atoms with E-state index in [2.05, 4.69) is 55.6 Å². The molecule has 3 saturated heterocycles. The maximum atomic E-state index is 13.3. The maximum Gasteiger partial charge on any atom is 0.220 e. The number of nitrogens with one attached hydrogen (secondary N) is 1. The van der Waals surface area contributed by atoms with Crippen LogP contribution in [0.5, 0.6) is 0 Å². The molecule has 0 aromatic carbocycles. The Balaban J connectivity index is 1.52. The second kappa shape index (κ2) is 43.4. The van der Waals surface area contributed by atoms with Gasteiger partial charge >= 0.3 is 0 Å². The predicted molar refractivity (Wildman–Crippen MR) is 300 cm³/mol. The van der Waals surface area contributed by atoms with Crippen molar-refractivity contribution >= 4 is 5.91 Å². The number of rotatable bonds is 44. The standard InChI is InChI=1S/C60H107NO18/c1-3-5-7-9-11-13-15-17-19-20-21-22-23-24-25-27-29-31-33-35-37-44(65)43(61-48(66)38-36-34-32-30-28-26-18-16-14-12-10-8-6-4-2)42-74-58-54(72)51(69)56(46(40-63)76-58)79-60-55(73)52(70)57(47(41-64)77-60)78-59-53(71)50(68)49(67)45(39-62)75-59/h10,12,16,18,27,29,35,37,43-47,49-60,62-65,67-73H,3-9,11,13-15,17,19-26,28,30-34,36,38-42H2,1-2H3,(H,61,66)/b12-10-,18-16-,29-27+,37-35+. The highest BCUT2D eigenvalue weighted by Crippen LogP contribution is 2.33. The fraction of sp³-hybridized carbons (Fsp3) is 0.850. The molecule has 19 nitrogen and oxygen atoms in total. The van der Waals surface area contributed by atoms with E-state index in [1.807, 2.05) is 6.08 Å². The molecule has 0 aliphatic carbocycles. The molecule has 3 aliphatic heterocycles. The molecule has 3 rings (SSSR count). The summed E-state index contributed by atoms with van der Waals surface area (Å²) in [6, 6.07) is -0.997. The fourth-order valence-corrected chi connectivity index (χ4v) is 10.0. The van der Waals surface area contributed by atoms with E-state index in [4.69, 9.17) is 28.4 Å². The smallest absolute Gasteiger partial charge is 0.220 e.